The number of aliphatic carboxylic acids is 1. The quantitative estimate of drug-likeness (QED) is 0.411. The molecule has 7 heteroatoms. The lowest BCUT2D eigenvalue weighted by molar-refractivity contribution is -0.139. The number of benzene rings is 3. The number of carbonyl (C=O) groups excluding carboxylic acids is 1. The summed E-state index contributed by atoms with van der Waals surface area (Å²) in [7, 11) is 0. The Balaban J connectivity index is 1.23. The molecule has 1 aliphatic carbocycles. The number of alkyl carbamates (subject to hydrolysis) is 1. The molecule has 5 rings (SSSR count). The summed E-state index contributed by atoms with van der Waals surface area (Å²) in [6.07, 6.45) is 4.26. The van der Waals surface area contributed by atoms with Crippen molar-refractivity contribution >= 4 is 12.1 Å². The lowest BCUT2D eigenvalue weighted by atomic mass is 9.98. The van der Waals surface area contributed by atoms with Crippen molar-refractivity contribution in [3.63, 3.8) is 0 Å². The summed E-state index contributed by atoms with van der Waals surface area (Å²) in [5, 5.41) is 12.2. The Labute approximate surface area is 202 Å². The zero-order valence-electron chi connectivity index (χ0n) is 18.8. The SMILES string of the molecule is O=C(N[C@@H](Cc1ccc(-c2cncnc2)cc1)C(=O)O)OCC1c2ccccc2-c2ccccc21. The van der Waals surface area contributed by atoms with Gasteiger partial charge in [-0.1, -0.05) is 72.8 Å². The third-order valence-electron chi connectivity index (χ3n) is 6.22. The minimum atomic E-state index is -1.13. The van der Waals surface area contributed by atoms with Crippen molar-refractivity contribution in [1.29, 1.82) is 0 Å². The number of amides is 1. The van der Waals surface area contributed by atoms with Gasteiger partial charge in [-0.25, -0.2) is 19.6 Å². The van der Waals surface area contributed by atoms with Crippen LogP contribution in [0.5, 0.6) is 0 Å². The van der Waals surface area contributed by atoms with Crippen LogP contribution in [0.15, 0.2) is 91.5 Å². The van der Waals surface area contributed by atoms with E-state index in [1.165, 1.54) is 6.33 Å². The second-order valence-corrected chi connectivity index (χ2v) is 8.39. The highest BCUT2D eigenvalue weighted by molar-refractivity contribution is 5.81. The van der Waals surface area contributed by atoms with Gasteiger partial charge in [0.1, 0.15) is 19.0 Å². The van der Waals surface area contributed by atoms with Crippen LogP contribution in [0, 0.1) is 0 Å². The van der Waals surface area contributed by atoms with Crippen molar-refractivity contribution in [2.75, 3.05) is 6.61 Å². The summed E-state index contributed by atoms with van der Waals surface area (Å²) in [6.45, 7) is 0.125. The highest BCUT2D eigenvalue weighted by Gasteiger charge is 2.29. The molecular weight excluding hydrogens is 442 g/mol. The Morgan fingerprint density at radius 1 is 0.857 bits per heavy atom. The second-order valence-electron chi connectivity index (χ2n) is 8.39. The fourth-order valence-electron chi connectivity index (χ4n) is 4.50. The van der Waals surface area contributed by atoms with Gasteiger partial charge in [0.15, 0.2) is 0 Å². The molecule has 0 saturated carbocycles. The first-order valence-corrected chi connectivity index (χ1v) is 11.3. The normalized spacial score (nSPS) is 12.9. The first-order chi connectivity index (χ1) is 17.1. The molecule has 35 heavy (non-hydrogen) atoms. The number of carbonyl (C=O) groups is 2. The smallest absolute Gasteiger partial charge is 0.407 e. The van der Waals surface area contributed by atoms with Crippen molar-refractivity contribution in [3.8, 4) is 22.3 Å². The van der Waals surface area contributed by atoms with Gasteiger partial charge >= 0.3 is 12.1 Å². The zero-order valence-corrected chi connectivity index (χ0v) is 18.8. The minimum absolute atomic E-state index is 0.0917. The Morgan fingerprint density at radius 3 is 2.06 bits per heavy atom. The van der Waals surface area contributed by atoms with Crippen LogP contribution < -0.4 is 5.32 Å². The summed E-state index contributed by atoms with van der Waals surface area (Å²) in [5.41, 5.74) is 7.02. The molecule has 174 valence electrons. The molecule has 0 fully saturated rings. The number of nitrogens with zero attached hydrogens (tertiary/aromatic N) is 2. The molecule has 0 aliphatic heterocycles. The molecule has 0 saturated heterocycles. The molecule has 0 spiro atoms. The van der Waals surface area contributed by atoms with Gasteiger partial charge in [0.05, 0.1) is 0 Å². The van der Waals surface area contributed by atoms with Gasteiger partial charge in [-0.05, 0) is 33.4 Å². The molecule has 0 radical (unpaired) electrons. The third-order valence-corrected chi connectivity index (χ3v) is 6.22. The summed E-state index contributed by atoms with van der Waals surface area (Å²) in [5.74, 6) is -1.22. The topological polar surface area (TPSA) is 101 Å². The van der Waals surface area contributed by atoms with E-state index in [1.807, 2.05) is 60.7 Å². The molecule has 4 aromatic rings. The van der Waals surface area contributed by atoms with E-state index in [9.17, 15) is 14.7 Å². The highest BCUT2D eigenvalue weighted by Crippen LogP contribution is 2.44. The van der Waals surface area contributed by atoms with Gasteiger partial charge in [-0.2, -0.15) is 0 Å². The monoisotopic (exact) mass is 465 g/mol. The number of ether oxygens (including phenoxy) is 1. The van der Waals surface area contributed by atoms with Gasteiger partial charge in [0, 0.05) is 30.3 Å². The molecule has 2 N–H and O–H groups in total. The molecule has 0 unspecified atom stereocenters. The van der Waals surface area contributed by atoms with Gasteiger partial charge in [0.2, 0.25) is 0 Å². The Hall–Kier alpha value is -4.52. The maximum absolute atomic E-state index is 12.6. The molecule has 1 aromatic heterocycles. The minimum Gasteiger partial charge on any atom is -0.480 e. The average Bonchev–Trinajstić information content (AvgIpc) is 3.21. The molecule has 1 atom stereocenters. The number of hydrogen-bond acceptors (Lipinski definition) is 5. The van der Waals surface area contributed by atoms with Crippen LogP contribution in [0.1, 0.15) is 22.6 Å². The zero-order chi connectivity index (χ0) is 24.2. The van der Waals surface area contributed by atoms with Crippen LogP contribution in [0.25, 0.3) is 22.3 Å². The maximum atomic E-state index is 12.6. The van der Waals surface area contributed by atoms with Gasteiger partial charge < -0.3 is 15.2 Å². The van der Waals surface area contributed by atoms with Crippen LogP contribution in [0.3, 0.4) is 0 Å². The van der Waals surface area contributed by atoms with E-state index in [-0.39, 0.29) is 18.9 Å². The molecule has 1 amide bonds. The largest absolute Gasteiger partial charge is 0.480 e. The molecule has 3 aromatic carbocycles. The van der Waals surface area contributed by atoms with E-state index >= 15 is 0 Å². The van der Waals surface area contributed by atoms with Gasteiger partial charge in [-0.3, -0.25) is 0 Å². The van der Waals surface area contributed by atoms with Crippen LogP contribution in [-0.4, -0.2) is 39.8 Å². The molecule has 0 bridgehead atoms. The molecule has 7 nitrogen and oxygen atoms in total. The first-order valence-electron chi connectivity index (χ1n) is 11.3. The fourth-order valence-corrected chi connectivity index (χ4v) is 4.50. The number of fused-ring (bicyclic) bond motifs is 3. The second kappa shape index (κ2) is 9.77. The van der Waals surface area contributed by atoms with Crippen molar-refractivity contribution in [2.45, 2.75) is 18.4 Å². The molecule has 1 aliphatic rings. The number of hydrogen-bond donors (Lipinski definition) is 2. The number of aromatic nitrogens is 2. The maximum Gasteiger partial charge on any atom is 0.407 e. The van der Waals surface area contributed by atoms with Crippen LogP contribution >= 0.6 is 0 Å². The number of nitrogens with one attached hydrogen (secondary N) is 1. The summed E-state index contributed by atoms with van der Waals surface area (Å²) in [4.78, 5) is 32.4. The summed E-state index contributed by atoms with van der Waals surface area (Å²) < 4.78 is 5.51. The molecular formula is C28H23N3O4. The highest BCUT2D eigenvalue weighted by atomic mass is 16.5. The van der Waals surface area contributed by atoms with E-state index in [1.54, 1.807) is 12.4 Å². The Kier molecular flexibility index (Phi) is 6.22. The van der Waals surface area contributed by atoms with Crippen molar-refractivity contribution < 1.29 is 19.4 Å². The van der Waals surface area contributed by atoms with E-state index in [0.29, 0.717) is 0 Å². The van der Waals surface area contributed by atoms with Crippen molar-refractivity contribution in [3.05, 3.63) is 108 Å². The number of carboxylic acids is 1. The van der Waals surface area contributed by atoms with Crippen LogP contribution in [0.4, 0.5) is 4.79 Å². The standard InChI is InChI=1S/C28H23N3O4/c32-27(33)26(13-18-9-11-19(12-10-18)20-14-29-17-30-15-20)31-28(34)35-16-25-23-7-3-1-5-21(23)22-6-2-4-8-24(22)25/h1-12,14-15,17,25-26H,13,16H2,(H,31,34)(H,32,33)/t26-/m0/s1. The average molecular weight is 466 g/mol. The summed E-state index contributed by atoms with van der Waals surface area (Å²) >= 11 is 0. The van der Waals surface area contributed by atoms with Crippen molar-refractivity contribution in [1.82, 2.24) is 15.3 Å². The van der Waals surface area contributed by atoms with E-state index in [4.69, 9.17) is 4.74 Å². The predicted molar refractivity (Wildman–Crippen MR) is 131 cm³/mol. The first kappa shape index (κ1) is 22.3. The Morgan fingerprint density at radius 2 is 1.46 bits per heavy atom. The van der Waals surface area contributed by atoms with Gasteiger partial charge in [-0.15, -0.1) is 0 Å². The predicted octanol–water partition coefficient (Wildman–Crippen LogP) is 4.68. The van der Waals surface area contributed by atoms with Crippen molar-refractivity contribution in [2.24, 2.45) is 0 Å². The fraction of sp³-hybridized carbons (Fsp3) is 0.143. The number of rotatable bonds is 7. The third kappa shape index (κ3) is 4.75. The number of carboxylic acid groups (broad SMARTS) is 1. The Bertz CT molecular complexity index is 1310. The lowest BCUT2D eigenvalue weighted by Gasteiger charge is -2.17. The van der Waals surface area contributed by atoms with E-state index in [2.05, 4.69) is 27.4 Å². The lowest BCUT2D eigenvalue weighted by Crippen LogP contribution is -2.42. The van der Waals surface area contributed by atoms with Crippen LogP contribution in [-0.2, 0) is 16.0 Å². The van der Waals surface area contributed by atoms with E-state index in [0.717, 1.165) is 38.9 Å². The molecule has 1 heterocycles. The van der Waals surface area contributed by atoms with E-state index < -0.39 is 18.1 Å². The van der Waals surface area contributed by atoms with Crippen LogP contribution in [0.2, 0.25) is 0 Å². The van der Waals surface area contributed by atoms with Gasteiger partial charge in [0.25, 0.3) is 0 Å². The summed E-state index contributed by atoms with van der Waals surface area (Å²) in [6, 6.07) is 22.4.